The number of halogens is 1. The fraction of sp³-hybridized carbons (Fsp3) is 0.533. The van der Waals surface area contributed by atoms with Gasteiger partial charge in [0.2, 0.25) is 11.1 Å². The molecule has 22 heavy (non-hydrogen) atoms. The van der Waals surface area contributed by atoms with Crippen LogP contribution >= 0.6 is 11.5 Å². The Hall–Kier alpha value is -1.76. The van der Waals surface area contributed by atoms with E-state index in [1.807, 2.05) is 6.07 Å². The highest BCUT2D eigenvalue weighted by molar-refractivity contribution is 7.09. The SMILES string of the molecule is CC(C)c1nsc(N2C3CC2CN(c2ccnc(F)c2)C3)n1. The molecule has 5 heterocycles. The van der Waals surface area contributed by atoms with E-state index in [-0.39, 0.29) is 0 Å². The third-order valence-corrected chi connectivity index (χ3v) is 5.18. The van der Waals surface area contributed by atoms with Crippen LogP contribution in [0.1, 0.15) is 32.0 Å². The van der Waals surface area contributed by atoms with Gasteiger partial charge in [0.1, 0.15) is 5.82 Å². The minimum atomic E-state index is -0.417. The topological polar surface area (TPSA) is 45.2 Å². The van der Waals surface area contributed by atoms with Crippen molar-refractivity contribution in [2.45, 2.75) is 38.3 Å². The highest BCUT2D eigenvalue weighted by atomic mass is 32.1. The smallest absolute Gasteiger partial charge is 0.214 e. The lowest BCUT2D eigenvalue weighted by Crippen LogP contribution is -2.69. The highest BCUT2D eigenvalue weighted by Gasteiger charge is 2.46. The highest BCUT2D eigenvalue weighted by Crippen LogP contribution is 2.39. The molecule has 2 bridgehead atoms. The van der Waals surface area contributed by atoms with Crippen LogP contribution in [-0.4, -0.2) is 39.5 Å². The molecule has 0 aliphatic carbocycles. The number of fused-ring (bicyclic) bond motifs is 2. The third kappa shape index (κ3) is 2.24. The van der Waals surface area contributed by atoms with Crippen molar-refractivity contribution in [2.75, 3.05) is 22.9 Å². The fourth-order valence-corrected chi connectivity index (χ4v) is 4.24. The maximum atomic E-state index is 13.3. The first-order valence-corrected chi connectivity index (χ1v) is 8.37. The maximum absolute atomic E-state index is 13.3. The van der Waals surface area contributed by atoms with Crippen LogP contribution in [0.25, 0.3) is 0 Å². The summed E-state index contributed by atoms with van der Waals surface area (Å²) in [6.45, 7) is 6.03. The standard InChI is InChI=1S/C15H18FN5S/c1-9(2)14-18-15(22-19-14)21-11-5-12(21)8-20(7-11)10-3-4-17-13(16)6-10/h3-4,6,9,11-12H,5,7-8H2,1-2H3. The van der Waals surface area contributed by atoms with Crippen molar-refractivity contribution < 1.29 is 4.39 Å². The van der Waals surface area contributed by atoms with E-state index in [4.69, 9.17) is 0 Å². The van der Waals surface area contributed by atoms with Gasteiger partial charge in [0, 0.05) is 48.5 Å². The van der Waals surface area contributed by atoms with Gasteiger partial charge in [0.15, 0.2) is 0 Å². The molecule has 0 saturated carbocycles. The zero-order chi connectivity index (χ0) is 15.3. The van der Waals surface area contributed by atoms with E-state index in [1.165, 1.54) is 30.2 Å². The summed E-state index contributed by atoms with van der Waals surface area (Å²) >= 11 is 1.49. The van der Waals surface area contributed by atoms with Crippen LogP contribution in [0.2, 0.25) is 0 Å². The Labute approximate surface area is 133 Å². The van der Waals surface area contributed by atoms with Gasteiger partial charge in [0.25, 0.3) is 0 Å². The summed E-state index contributed by atoms with van der Waals surface area (Å²) in [4.78, 5) is 12.9. The summed E-state index contributed by atoms with van der Waals surface area (Å²) in [6, 6.07) is 4.28. The van der Waals surface area contributed by atoms with Crippen molar-refractivity contribution in [3.8, 4) is 0 Å². The molecule has 2 unspecified atom stereocenters. The third-order valence-electron chi connectivity index (χ3n) is 4.44. The van der Waals surface area contributed by atoms with E-state index in [0.29, 0.717) is 18.0 Å². The Bertz CT molecular complexity index is 676. The van der Waals surface area contributed by atoms with Crippen LogP contribution in [0.5, 0.6) is 0 Å². The minimum absolute atomic E-state index is 0.363. The number of rotatable bonds is 3. The summed E-state index contributed by atoms with van der Waals surface area (Å²) in [5.74, 6) is 0.875. The quantitative estimate of drug-likeness (QED) is 0.814. The molecular weight excluding hydrogens is 301 g/mol. The maximum Gasteiger partial charge on any atom is 0.214 e. The molecule has 3 aliphatic heterocycles. The zero-order valence-electron chi connectivity index (χ0n) is 12.6. The normalized spacial score (nSPS) is 23.8. The van der Waals surface area contributed by atoms with Crippen LogP contribution in [0.4, 0.5) is 15.2 Å². The van der Waals surface area contributed by atoms with E-state index in [0.717, 1.165) is 29.7 Å². The largest absolute Gasteiger partial charge is 0.367 e. The first kappa shape index (κ1) is 13.9. The molecule has 3 aliphatic rings. The van der Waals surface area contributed by atoms with Crippen molar-refractivity contribution in [2.24, 2.45) is 0 Å². The second-order valence-electron chi connectivity index (χ2n) is 6.28. The lowest BCUT2D eigenvalue weighted by Gasteiger charge is -2.56. The molecule has 5 rings (SSSR count). The predicted octanol–water partition coefficient (Wildman–Crippen LogP) is 2.66. The molecule has 2 aromatic rings. The van der Waals surface area contributed by atoms with Crippen LogP contribution < -0.4 is 9.80 Å². The molecule has 0 radical (unpaired) electrons. The number of pyridine rings is 1. The summed E-state index contributed by atoms with van der Waals surface area (Å²) in [5.41, 5.74) is 0.919. The Morgan fingerprint density at radius 3 is 2.73 bits per heavy atom. The lowest BCUT2D eigenvalue weighted by molar-refractivity contribution is 0.291. The number of anilines is 2. The van der Waals surface area contributed by atoms with E-state index >= 15 is 0 Å². The van der Waals surface area contributed by atoms with Gasteiger partial charge in [-0.25, -0.2) is 9.97 Å². The van der Waals surface area contributed by atoms with Gasteiger partial charge in [-0.1, -0.05) is 13.8 Å². The van der Waals surface area contributed by atoms with E-state index in [2.05, 4.69) is 38.0 Å². The second-order valence-corrected chi connectivity index (χ2v) is 7.01. The van der Waals surface area contributed by atoms with E-state index in [9.17, 15) is 4.39 Å². The first-order valence-electron chi connectivity index (χ1n) is 7.60. The van der Waals surface area contributed by atoms with Gasteiger partial charge in [-0.2, -0.15) is 8.76 Å². The van der Waals surface area contributed by atoms with Gasteiger partial charge in [-0.3, -0.25) is 0 Å². The number of hydrogen-bond donors (Lipinski definition) is 0. The minimum Gasteiger partial charge on any atom is -0.367 e. The molecule has 3 fully saturated rings. The Kier molecular flexibility index (Phi) is 3.25. The molecule has 0 amide bonds. The molecule has 116 valence electrons. The van der Waals surface area contributed by atoms with Gasteiger partial charge >= 0.3 is 0 Å². The summed E-state index contributed by atoms with van der Waals surface area (Å²) < 4.78 is 17.7. The summed E-state index contributed by atoms with van der Waals surface area (Å²) in [6.07, 6.45) is 2.71. The number of nitrogens with zero attached hydrogens (tertiary/aromatic N) is 5. The molecule has 5 nitrogen and oxygen atoms in total. The predicted molar refractivity (Wildman–Crippen MR) is 85.1 cm³/mol. The van der Waals surface area contributed by atoms with Gasteiger partial charge in [0.05, 0.1) is 12.1 Å². The van der Waals surface area contributed by atoms with Crippen LogP contribution in [0.3, 0.4) is 0 Å². The molecule has 7 heteroatoms. The molecule has 0 N–H and O–H groups in total. The average Bonchev–Trinajstić information content (AvgIpc) is 2.96. The first-order chi connectivity index (χ1) is 10.6. The molecular formula is C15H18FN5S. The Balaban J connectivity index is 1.50. The van der Waals surface area contributed by atoms with E-state index in [1.54, 1.807) is 0 Å². The molecule has 3 saturated heterocycles. The molecule has 2 aromatic heterocycles. The number of hydrogen-bond acceptors (Lipinski definition) is 6. The van der Waals surface area contributed by atoms with Crippen LogP contribution in [0.15, 0.2) is 18.3 Å². The number of piperidine rings is 1. The van der Waals surface area contributed by atoms with Crippen molar-refractivity contribution in [1.29, 1.82) is 0 Å². The number of aromatic nitrogens is 3. The van der Waals surface area contributed by atoms with Crippen molar-refractivity contribution in [1.82, 2.24) is 14.3 Å². The van der Waals surface area contributed by atoms with Crippen molar-refractivity contribution in [3.63, 3.8) is 0 Å². The summed E-state index contributed by atoms with van der Waals surface area (Å²) in [5, 5.41) is 1.03. The summed E-state index contributed by atoms with van der Waals surface area (Å²) in [7, 11) is 0. The fourth-order valence-electron chi connectivity index (χ4n) is 3.29. The van der Waals surface area contributed by atoms with Gasteiger partial charge in [-0.15, -0.1) is 0 Å². The number of piperazine rings is 1. The Morgan fingerprint density at radius 2 is 2.09 bits per heavy atom. The van der Waals surface area contributed by atoms with Crippen LogP contribution in [0, 0.1) is 5.95 Å². The lowest BCUT2D eigenvalue weighted by atomic mass is 9.88. The zero-order valence-corrected chi connectivity index (χ0v) is 13.4. The van der Waals surface area contributed by atoms with Crippen molar-refractivity contribution >= 4 is 22.4 Å². The molecule has 0 aromatic carbocycles. The monoisotopic (exact) mass is 319 g/mol. The molecule has 0 spiro atoms. The van der Waals surface area contributed by atoms with Crippen LogP contribution in [-0.2, 0) is 0 Å². The average molecular weight is 319 g/mol. The molecule has 2 atom stereocenters. The van der Waals surface area contributed by atoms with Gasteiger partial charge < -0.3 is 9.80 Å². The second kappa shape index (κ2) is 5.15. The van der Waals surface area contributed by atoms with Crippen molar-refractivity contribution in [3.05, 3.63) is 30.1 Å². The van der Waals surface area contributed by atoms with Gasteiger partial charge in [-0.05, 0) is 12.5 Å². The van der Waals surface area contributed by atoms with E-state index < -0.39 is 5.95 Å². The Morgan fingerprint density at radius 1 is 1.32 bits per heavy atom.